The largest absolute Gasteiger partial charge is 0.480 e. The minimum absolute atomic E-state index is 0.0373. The van der Waals surface area contributed by atoms with Gasteiger partial charge in [-0.2, -0.15) is 0 Å². The molecule has 0 rings (SSSR count). The number of amides is 10. The zero-order chi connectivity index (χ0) is 56.4. The highest BCUT2D eigenvalue weighted by Crippen LogP contribution is 2.12. The number of hydrogen-bond acceptors (Lipinski definition) is 15. The van der Waals surface area contributed by atoms with Gasteiger partial charge in [-0.25, -0.2) is 4.79 Å². The van der Waals surface area contributed by atoms with Gasteiger partial charge in [0.2, 0.25) is 59.1 Å². The standard InChI is InChI=1S/C47H86N12O14/c1-22(2)17-30(49)41(66)55-32(18-23(3)4)42(67)56-33(19-24(5)6)43(68)59-37(29(12)61)46(71)53-27(10)39(64)51-28(11)40(65)58-36(25(7)8)45(70)57-34(21-60)44(69)52-26(9)38(63)50-20-35(62)54-31(47(72)73)15-13-14-16-48/h22-34,36-37,60-61H,13-21,48-49H2,1-12H3,(H,50,63)(H,51,64)(H,52,69)(H,53,71)(H,54,62)(H,55,66)(H,56,67)(H,57,70)(H,58,65)(H,59,68)(H,72,73)/t26-,27-,28-,29+,30-,31-,32-,33-,34-,36-,37-/m0/s1. The van der Waals surface area contributed by atoms with Crippen LogP contribution in [0.3, 0.4) is 0 Å². The van der Waals surface area contributed by atoms with Crippen LogP contribution in [0.5, 0.6) is 0 Å². The Bertz CT molecular complexity index is 1870. The van der Waals surface area contributed by atoms with E-state index in [1.165, 1.54) is 27.7 Å². The number of carboxylic acids is 1. The van der Waals surface area contributed by atoms with Crippen molar-refractivity contribution < 1.29 is 68.1 Å². The van der Waals surface area contributed by atoms with Crippen LogP contribution in [0.1, 0.15) is 122 Å². The fraction of sp³-hybridized carbons (Fsp3) is 0.766. The Morgan fingerprint density at radius 2 is 0.863 bits per heavy atom. The fourth-order valence-corrected chi connectivity index (χ4v) is 6.97. The molecular weight excluding hydrogens is 957 g/mol. The van der Waals surface area contributed by atoms with Gasteiger partial charge >= 0.3 is 5.97 Å². The molecule has 26 heteroatoms. The third-order valence-electron chi connectivity index (χ3n) is 11.1. The molecule has 0 aromatic heterocycles. The van der Waals surface area contributed by atoms with Crippen LogP contribution >= 0.6 is 0 Å². The lowest BCUT2D eigenvalue weighted by Gasteiger charge is -2.28. The molecule has 0 aromatic carbocycles. The Hall–Kier alpha value is -5.99. The molecule has 0 aliphatic rings. The molecule has 0 radical (unpaired) electrons. The van der Waals surface area contributed by atoms with E-state index in [1.807, 2.05) is 27.7 Å². The maximum Gasteiger partial charge on any atom is 0.326 e. The lowest BCUT2D eigenvalue weighted by molar-refractivity contribution is -0.142. The van der Waals surface area contributed by atoms with Gasteiger partial charge in [0.15, 0.2) is 0 Å². The van der Waals surface area contributed by atoms with Gasteiger partial charge in [-0.3, -0.25) is 47.9 Å². The quantitative estimate of drug-likeness (QED) is 0.0275. The van der Waals surface area contributed by atoms with Gasteiger partial charge in [0.25, 0.3) is 0 Å². The molecule has 0 aliphatic carbocycles. The van der Waals surface area contributed by atoms with Crippen molar-refractivity contribution in [1.29, 1.82) is 0 Å². The molecule has 73 heavy (non-hydrogen) atoms. The van der Waals surface area contributed by atoms with Crippen LogP contribution < -0.4 is 64.6 Å². The number of carbonyl (C=O) groups is 11. The molecule has 0 saturated carbocycles. The average Bonchev–Trinajstić information content (AvgIpc) is 3.28. The van der Waals surface area contributed by atoms with Gasteiger partial charge in [0.05, 0.1) is 25.3 Å². The Kier molecular flexibility index (Phi) is 30.9. The van der Waals surface area contributed by atoms with Crippen molar-refractivity contribution in [3.63, 3.8) is 0 Å². The molecule has 0 aliphatic heterocycles. The molecule has 0 heterocycles. The molecule has 10 amide bonds. The molecule has 11 atom stereocenters. The van der Waals surface area contributed by atoms with Crippen molar-refractivity contribution >= 4 is 65.0 Å². The van der Waals surface area contributed by atoms with E-state index in [9.17, 15) is 68.1 Å². The second-order valence-corrected chi connectivity index (χ2v) is 20.0. The molecule has 0 bridgehead atoms. The number of nitrogens with two attached hydrogens (primary N) is 2. The predicted octanol–water partition coefficient (Wildman–Crippen LogP) is -3.77. The summed E-state index contributed by atoms with van der Waals surface area (Å²) in [4.78, 5) is 143. The van der Waals surface area contributed by atoms with Crippen molar-refractivity contribution in [3.8, 4) is 0 Å². The van der Waals surface area contributed by atoms with E-state index in [-0.39, 0.29) is 37.0 Å². The van der Waals surface area contributed by atoms with Crippen LogP contribution in [0.25, 0.3) is 0 Å². The van der Waals surface area contributed by atoms with E-state index in [0.717, 1.165) is 0 Å². The molecule has 0 spiro atoms. The monoisotopic (exact) mass is 1040 g/mol. The second kappa shape index (κ2) is 33.7. The van der Waals surface area contributed by atoms with Crippen LogP contribution in [0.2, 0.25) is 0 Å². The number of hydrogen-bond donors (Lipinski definition) is 15. The first-order valence-corrected chi connectivity index (χ1v) is 24.8. The third-order valence-corrected chi connectivity index (χ3v) is 11.1. The number of aliphatic carboxylic acids is 1. The molecule has 17 N–H and O–H groups in total. The third kappa shape index (κ3) is 26.0. The highest BCUT2D eigenvalue weighted by atomic mass is 16.4. The summed E-state index contributed by atoms with van der Waals surface area (Å²) < 4.78 is 0. The van der Waals surface area contributed by atoms with Crippen LogP contribution in [0, 0.1) is 23.7 Å². The molecule has 26 nitrogen and oxygen atoms in total. The van der Waals surface area contributed by atoms with E-state index >= 15 is 0 Å². The van der Waals surface area contributed by atoms with Crippen LogP contribution in [0.4, 0.5) is 0 Å². The summed E-state index contributed by atoms with van der Waals surface area (Å²) >= 11 is 0. The molecule has 0 saturated heterocycles. The average molecular weight is 1040 g/mol. The summed E-state index contributed by atoms with van der Waals surface area (Å²) in [5.41, 5.74) is 11.5. The summed E-state index contributed by atoms with van der Waals surface area (Å²) in [5.74, 6) is -10.3. The lowest BCUT2D eigenvalue weighted by Crippen LogP contribution is -2.61. The van der Waals surface area contributed by atoms with Gasteiger partial charge in [0, 0.05) is 0 Å². The maximum absolute atomic E-state index is 13.7. The highest BCUT2D eigenvalue weighted by Gasteiger charge is 2.35. The molecule has 418 valence electrons. The molecule has 0 unspecified atom stereocenters. The highest BCUT2D eigenvalue weighted by molar-refractivity contribution is 5.98. The minimum atomic E-state index is -1.62. The van der Waals surface area contributed by atoms with Gasteiger partial charge in [0.1, 0.15) is 54.4 Å². The minimum Gasteiger partial charge on any atom is -0.480 e. The van der Waals surface area contributed by atoms with E-state index in [1.54, 1.807) is 27.7 Å². The van der Waals surface area contributed by atoms with Crippen molar-refractivity contribution in [2.24, 2.45) is 35.1 Å². The Balaban J connectivity index is 5.67. The van der Waals surface area contributed by atoms with Gasteiger partial charge in [-0.1, -0.05) is 55.4 Å². The molecule has 0 fully saturated rings. The summed E-state index contributed by atoms with van der Waals surface area (Å²) in [6, 6.07) is -12.9. The van der Waals surface area contributed by atoms with Crippen molar-refractivity contribution in [1.82, 2.24) is 53.2 Å². The normalized spacial score (nSPS) is 15.9. The smallest absolute Gasteiger partial charge is 0.326 e. The van der Waals surface area contributed by atoms with Crippen molar-refractivity contribution in [3.05, 3.63) is 0 Å². The lowest BCUT2D eigenvalue weighted by atomic mass is 9.98. The SMILES string of the molecule is CC(C)C[C@H](NC(=O)[C@H](CC(C)C)NC(=O)[C@@H](N)CC(C)C)C(=O)N[C@H](C(=O)N[C@@H](C)C(=O)N[C@@H](C)C(=O)N[C@H](C(=O)N[C@@H](CO)C(=O)N[C@@H](C)C(=O)NCC(=O)N[C@@H](CCCCN)C(=O)O)C(C)C)[C@@H](C)O. The molecule has 0 aromatic rings. The summed E-state index contributed by atoms with van der Waals surface area (Å²) in [6.45, 7) is 18.1. The summed E-state index contributed by atoms with van der Waals surface area (Å²) in [7, 11) is 0. The predicted molar refractivity (Wildman–Crippen MR) is 268 cm³/mol. The Morgan fingerprint density at radius 3 is 1.33 bits per heavy atom. The number of aliphatic hydroxyl groups excluding tert-OH is 2. The zero-order valence-electron chi connectivity index (χ0n) is 44.5. The van der Waals surface area contributed by atoms with Crippen LogP contribution in [-0.4, -0.2) is 167 Å². The number of rotatable bonds is 34. The Morgan fingerprint density at radius 1 is 0.452 bits per heavy atom. The first-order valence-electron chi connectivity index (χ1n) is 24.8. The number of unbranched alkanes of at least 4 members (excludes halogenated alkanes) is 1. The van der Waals surface area contributed by atoms with Crippen LogP contribution in [0.15, 0.2) is 0 Å². The van der Waals surface area contributed by atoms with Crippen LogP contribution in [-0.2, 0) is 52.7 Å². The first-order chi connectivity index (χ1) is 33.9. The van der Waals surface area contributed by atoms with Gasteiger partial charge < -0.3 is 80.0 Å². The second-order valence-electron chi connectivity index (χ2n) is 20.0. The maximum atomic E-state index is 13.7. The van der Waals surface area contributed by atoms with Crippen molar-refractivity contribution in [2.45, 2.75) is 188 Å². The van der Waals surface area contributed by atoms with E-state index in [4.69, 9.17) is 11.5 Å². The summed E-state index contributed by atoms with van der Waals surface area (Å²) in [6.07, 6.45) is 0.335. The van der Waals surface area contributed by atoms with E-state index in [2.05, 4.69) is 53.2 Å². The number of nitrogens with one attached hydrogen (secondary N) is 10. The van der Waals surface area contributed by atoms with Gasteiger partial charge in [-0.15, -0.1) is 0 Å². The number of carbonyl (C=O) groups excluding carboxylic acids is 10. The zero-order valence-corrected chi connectivity index (χ0v) is 44.5. The van der Waals surface area contributed by atoms with Gasteiger partial charge in [-0.05, 0) is 96.4 Å². The molecular formula is C47H86N12O14. The topological polar surface area (TPSA) is 421 Å². The Labute approximate surface area is 428 Å². The van der Waals surface area contributed by atoms with E-state index in [0.29, 0.717) is 25.8 Å². The number of aliphatic hydroxyl groups is 2. The first kappa shape index (κ1) is 67.0. The van der Waals surface area contributed by atoms with Crippen molar-refractivity contribution in [2.75, 3.05) is 19.7 Å². The fourth-order valence-electron chi connectivity index (χ4n) is 6.97. The number of carboxylic acid groups (broad SMARTS) is 1. The van der Waals surface area contributed by atoms with E-state index < -0.39 is 151 Å². The summed E-state index contributed by atoms with van der Waals surface area (Å²) in [5, 5.41) is 54.1.